The molecule has 0 bridgehead atoms. The molecule has 8 heteroatoms. The predicted molar refractivity (Wildman–Crippen MR) is 114 cm³/mol. The predicted octanol–water partition coefficient (Wildman–Crippen LogP) is 4.00. The standard InChI is InChI=1S/C20H22BrClN2O3S/c21-16-8-10-17(11-9-16)28(26,27)24-14-4-3-7-19(24)20(25)23-13-12-15-5-1-2-6-18(15)22/h1-2,5-6,8-11,19H,3-4,7,12-14H2,(H,23,25)/t19-/m1/s1. The second-order valence-electron chi connectivity index (χ2n) is 6.71. The second-order valence-corrected chi connectivity index (χ2v) is 9.93. The van der Waals surface area contributed by atoms with Gasteiger partial charge in [0.05, 0.1) is 4.90 Å². The molecule has 1 N–H and O–H groups in total. The summed E-state index contributed by atoms with van der Waals surface area (Å²) in [6.45, 7) is 0.756. The third-order valence-electron chi connectivity index (χ3n) is 4.83. The van der Waals surface area contributed by atoms with Crippen LogP contribution in [-0.2, 0) is 21.2 Å². The van der Waals surface area contributed by atoms with Crippen molar-refractivity contribution in [3.8, 4) is 0 Å². The molecule has 1 fully saturated rings. The molecule has 1 heterocycles. The Labute approximate surface area is 179 Å². The number of nitrogens with zero attached hydrogens (tertiary/aromatic N) is 1. The van der Waals surface area contributed by atoms with Crippen molar-refractivity contribution in [2.45, 2.75) is 36.6 Å². The lowest BCUT2D eigenvalue weighted by Crippen LogP contribution is -2.52. The highest BCUT2D eigenvalue weighted by Crippen LogP contribution is 2.26. The van der Waals surface area contributed by atoms with Gasteiger partial charge in [0.25, 0.3) is 0 Å². The zero-order valence-corrected chi connectivity index (χ0v) is 18.4. The summed E-state index contributed by atoms with van der Waals surface area (Å²) in [6, 6.07) is 13.3. The van der Waals surface area contributed by atoms with Crippen LogP contribution in [-0.4, -0.2) is 37.8 Å². The van der Waals surface area contributed by atoms with E-state index in [1.54, 1.807) is 24.3 Å². The third kappa shape index (κ3) is 4.95. The Bertz CT molecular complexity index is 935. The van der Waals surface area contributed by atoms with Gasteiger partial charge < -0.3 is 5.32 Å². The maximum atomic E-state index is 13.1. The molecule has 150 valence electrons. The normalized spacial score (nSPS) is 18.0. The van der Waals surface area contributed by atoms with Crippen molar-refractivity contribution in [1.29, 1.82) is 0 Å². The number of hydrogen-bond donors (Lipinski definition) is 1. The Morgan fingerprint density at radius 3 is 2.57 bits per heavy atom. The van der Waals surface area contributed by atoms with Crippen LogP contribution in [0.4, 0.5) is 0 Å². The van der Waals surface area contributed by atoms with E-state index >= 15 is 0 Å². The van der Waals surface area contributed by atoms with E-state index < -0.39 is 16.1 Å². The van der Waals surface area contributed by atoms with Crippen molar-refractivity contribution < 1.29 is 13.2 Å². The fraction of sp³-hybridized carbons (Fsp3) is 0.350. The van der Waals surface area contributed by atoms with Crippen LogP contribution in [0.5, 0.6) is 0 Å². The zero-order chi connectivity index (χ0) is 20.1. The molecule has 0 aromatic heterocycles. The summed E-state index contributed by atoms with van der Waals surface area (Å²) in [5.74, 6) is -0.257. The van der Waals surface area contributed by atoms with E-state index in [9.17, 15) is 13.2 Å². The van der Waals surface area contributed by atoms with Gasteiger partial charge in [-0.25, -0.2) is 8.42 Å². The van der Waals surface area contributed by atoms with Gasteiger partial charge in [0.1, 0.15) is 6.04 Å². The van der Waals surface area contributed by atoms with Crippen molar-refractivity contribution in [1.82, 2.24) is 9.62 Å². The van der Waals surface area contributed by atoms with Gasteiger partial charge in [-0.2, -0.15) is 4.31 Å². The van der Waals surface area contributed by atoms with Gasteiger partial charge in [0.2, 0.25) is 15.9 Å². The molecule has 0 spiro atoms. The largest absolute Gasteiger partial charge is 0.354 e. The first-order valence-electron chi connectivity index (χ1n) is 9.18. The number of carbonyl (C=O) groups excluding carboxylic acids is 1. The van der Waals surface area contributed by atoms with Gasteiger partial charge in [-0.3, -0.25) is 4.79 Å². The van der Waals surface area contributed by atoms with Crippen molar-refractivity contribution in [3.63, 3.8) is 0 Å². The first-order valence-corrected chi connectivity index (χ1v) is 11.8. The highest BCUT2D eigenvalue weighted by Gasteiger charge is 2.37. The molecule has 28 heavy (non-hydrogen) atoms. The molecule has 1 amide bonds. The second kappa shape index (κ2) is 9.39. The zero-order valence-electron chi connectivity index (χ0n) is 15.3. The minimum atomic E-state index is -3.73. The van der Waals surface area contributed by atoms with Crippen LogP contribution in [0.2, 0.25) is 5.02 Å². The van der Waals surface area contributed by atoms with E-state index in [0.29, 0.717) is 31.0 Å². The topological polar surface area (TPSA) is 66.5 Å². The number of carbonyl (C=O) groups is 1. The molecule has 3 rings (SSSR count). The number of sulfonamides is 1. The molecule has 5 nitrogen and oxygen atoms in total. The SMILES string of the molecule is O=C(NCCc1ccccc1Cl)[C@H]1CCCCN1S(=O)(=O)c1ccc(Br)cc1. The first-order chi connectivity index (χ1) is 13.4. The van der Waals surface area contributed by atoms with Crippen molar-refractivity contribution in [2.24, 2.45) is 0 Å². The monoisotopic (exact) mass is 484 g/mol. The van der Waals surface area contributed by atoms with Crippen molar-refractivity contribution in [2.75, 3.05) is 13.1 Å². The lowest BCUT2D eigenvalue weighted by molar-refractivity contribution is -0.125. The van der Waals surface area contributed by atoms with Crippen molar-refractivity contribution >= 4 is 43.5 Å². The molecule has 1 aliphatic rings. The molecular formula is C20H22BrClN2O3S. The molecular weight excluding hydrogens is 464 g/mol. The quantitative estimate of drug-likeness (QED) is 0.672. The maximum absolute atomic E-state index is 13.1. The van der Waals surface area contributed by atoms with E-state index in [1.165, 1.54) is 4.31 Å². The maximum Gasteiger partial charge on any atom is 0.243 e. The molecule has 0 unspecified atom stereocenters. The number of amides is 1. The minimum absolute atomic E-state index is 0.200. The van der Waals surface area contributed by atoms with Gasteiger partial charge in [0, 0.05) is 22.6 Å². The number of hydrogen-bond acceptors (Lipinski definition) is 3. The number of rotatable bonds is 6. The molecule has 2 aromatic carbocycles. The van der Waals surface area contributed by atoms with Gasteiger partial charge in [-0.15, -0.1) is 0 Å². The molecule has 1 atom stereocenters. The van der Waals surface area contributed by atoms with E-state index in [0.717, 1.165) is 22.9 Å². The smallest absolute Gasteiger partial charge is 0.243 e. The molecule has 2 aromatic rings. The summed E-state index contributed by atoms with van der Waals surface area (Å²) in [5, 5.41) is 3.54. The highest BCUT2D eigenvalue weighted by atomic mass is 79.9. The molecule has 0 radical (unpaired) electrons. The first kappa shape index (κ1) is 21.3. The van der Waals surface area contributed by atoms with Crippen LogP contribution in [0.25, 0.3) is 0 Å². The van der Waals surface area contributed by atoms with Gasteiger partial charge in [-0.05, 0) is 55.2 Å². The van der Waals surface area contributed by atoms with E-state index in [-0.39, 0.29) is 10.8 Å². The summed E-state index contributed by atoms with van der Waals surface area (Å²) in [7, 11) is -3.73. The average molecular weight is 486 g/mol. The fourth-order valence-electron chi connectivity index (χ4n) is 3.34. The number of benzene rings is 2. The van der Waals surface area contributed by atoms with E-state index in [2.05, 4.69) is 21.2 Å². The van der Waals surface area contributed by atoms with Crippen LogP contribution in [0, 0.1) is 0 Å². The molecule has 1 saturated heterocycles. The Hall–Kier alpha value is -1.41. The van der Waals surface area contributed by atoms with E-state index in [1.807, 2.05) is 24.3 Å². The Morgan fingerprint density at radius 2 is 1.86 bits per heavy atom. The van der Waals surface area contributed by atoms with Gasteiger partial charge in [0.15, 0.2) is 0 Å². The Balaban J connectivity index is 1.69. The van der Waals surface area contributed by atoms with Gasteiger partial charge >= 0.3 is 0 Å². The Morgan fingerprint density at radius 1 is 1.14 bits per heavy atom. The minimum Gasteiger partial charge on any atom is -0.354 e. The Kier molecular flexibility index (Phi) is 7.15. The van der Waals surface area contributed by atoms with Crippen LogP contribution >= 0.6 is 27.5 Å². The number of halogens is 2. The molecule has 0 aliphatic carbocycles. The fourth-order valence-corrected chi connectivity index (χ4v) is 5.49. The number of piperidine rings is 1. The van der Waals surface area contributed by atoms with Crippen LogP contribution in [0.1, 0.15) is 24.8 Å². The summed E-state index contributed by atoms with van der Waals surface area (Å²) < 4.78 is 28.3. The van der Waals surface area contributed by atoms with Crippen LogP contribution in [0.3, 0.4) is 0 Å². The highest BCUT2D eigenvalue weighted by molar-refractivity contribution is 9.10. The molecule has 1 aliphatic heterocycles. The lowest BCUT2D eigenvalue weighted by atomic mass is 10.0. The summed E-state index contributed by atoms with van der Waals surface area (Å²) in [5.41, 5.74) is 0.951. The van der Waals surface area contributed by atoms with E-state index in [4.69, 9.17) is 11.6 Å². The summed E-state index contributed by atoms with van der Waals surface area (Å²) >= 11 is 9.46. The average Bonchev–Trinajstić information content (AvgIpc) is 2.69. The summed E-state index contributed by atoms with van der Waals surface area (Å²) in [4.78, 5) is 13.0. The lowest BCUT2D eigenvalue weighted by Gasteiger charge is -2.33. The van der Waals surface area contributed by atoms with Gasteiger partial charge in [-0.1, -0.05) is 52.2 Å². The number of nitrogens with one attached hydrogen (secondary N) is 1. The van der Waals surface area contributed by atoms with Crippen LogP contribution < -0.4 is 5.32 Å². The van der Waals surface area contributed by atoms with Crippen molar-refractivity contribution in [3.05, 3.63) is 63.6 Å². The van der Waals surface area contributed by atoms with Crippen LogP contribution in [0.15, 0.2) is 57.9 Å². The third-order valence-corrected chi connectivity index (χ3v) is 7.65. The summed E-state index contributed by atoms with van der Waals surface area (Å²) in [6.07, 6.45) is 2.69. The molecule has 0 saturated carbocycles.